The Bertz CT molecular complexity index is 1100. The van der Waals surface area contributed by atoms with Crippen molar-refractivity contribution >= 4 is 28.6 Å². The zero-order valence-corrected chi connectivity index (χ0v) is 16.2. The molecule has 2 aromatic heterocycles. The van der Waals surface area contributed by atoms with Gasteiger partial charge in [0.25, 0.3) is 17.5 Å². The van der Waals surface area contributed by atoms with Gasteiger partial charge in [0.05, 0.1) is 16.6 Å². The monoisotopic (exact) mass is 378 g/mol. The predicted molar refractivity (Wildman–Crippen MR) is 106 cm³/mol. The summed E-state index contributed by atoms with van der Waals surface area (Å²) in [6.07, 6.45) is 2.61. The Morgan fingerprint density at radius 1 is 1.18 bits per heavy atom. The number of aromatic nitrogens is 2. The molecule has 2 heterocycles. The molecule has 1 aliphatic rings. The number of benzene rings is 1. The third-order valence-corrected chi connectivity index (χ3v) is 5.13. The van der Waals surface area contributed by atoms with Gasteiger partial charge in [0.1, 0.15) is 0 Å². The molecule has 0 atom stereocenters. The largest absolute Gasteiger partial charge is 0.352 e. The van der Waals surface area contributed by atoms with Gasteiger partial charge in [0.2, 0.25) is 0 Å². The average Bonchev–Trinajstić information content (AvgIpc) is 3.28. The van der Waals surface area contributed by atoms with E-state index in [2.05, 4.69) is 20.8 Å². The maximum Gasteiger partial charge on any atom is 0.259 e. The fraction of sp³-hybridized carbons (Fsp3) is 0.333. The van der Waals surface area contributed by atoms with Gasteiger partial charge in [-0.25, -0.2) is 4.98 Å². The summed E-state index contributed by atoms with van der Waals surface area (Å²) in [5.74, 6) is -0.395. The molecule has 0 saturated heterocycles. The molecular weight excluding hydrogens is 356 g/mol. The van der Waals surface area contributed by atoms with Crippen molar-refractivity contribution in [1.82, 2.24) is 15.5 Å². The van der Waals surface area contributed by atoms with Gasteiger partial charge in [-0.05, 0) is 63.3 Å². The number of carbonyl (C=O) groups excluding carboxylic acids is 2. The van der Waals surface area contributed by atoms with Crippen molar-refractivity contribution in [3.63, 3.8) is 0 Å². The number of hydrogen-bond acceptors (Lipinski definition) is 5. The lowest BCUT2D eigenvalue weighted by Crippen LogP contribution is -2.23. The average molecular weight is 378 g/mol. The molecule has 144 valence electrons. The van der Waals surface area contributed by atoms with E-state index in [9.17, 15) is 9.59 Å². The van der Waals surface area contributed by atoms with Crippen molar-refractivity contribution in [2.24, 2.45) is 0 Å². The van der Waals surface area contributed by atoms with Crippen molar-refractivity contribution in [2.75, 3.05) is 11.9 Å². The molecule has 1 aromatic carbocycles. The van der Waals surface area contributed by atoms with E-state index in [1.165, 1.54) is 0 Å². The number of carbonyl (C=O) groups is 2. The van der Waals surface area contributed by atoms with Crippen LogP contribution < -0.4 is 10.6 Å². The highest BCUT2D eigenvalue weighted by molar-refractivity contribution is 6.14. The second-order valence-electron chi connectivity index (χ2n) is 7.06. The molecule has 0 saturated carbocycles. The molecule has 0 bridgehead atoms. The number of aryl methyl sites for hydroxylation is 3. The third kappa shape index (κ3) is 3.02. The lowest BCUT2D eigenvalue weighted by Gasteiger charge is -2.13. The minimum absolute atomic E-state index is 0.167. The number of nitrogens with one attached hydrogen (secondary N) is 2. The first kappa shape index (κ1) is 18.2. The maximum atomic E-state index is 13.3. The predicted octanol–water partition coefficient (Wildman–Crippen LogP) is 3.33. The highest BCUT2D eigenvalue weighted by atomic mass is 16.5. The van der Waals surface area contributed by atoms with E-state index < -0.39 is 0 Å². The quantitative estimate of drug-likeness (QED) is 0.726. The molecular formula is C21H22N4O3. The Balaban J connectivity index is 1.75. The normalized spacial score (nSPS) is 12.8. The summed E-state index contributed by atoms with van der Waals surface area (Å²) < 4.78 is 5.32. The minimum Gasteiger partial charge on any atom is -0.352 e. The molecule has 3 aromatic rings. The van der Waals surface area contributed by atoms with Gasteiger partial charge in [-0.2, -0.15) is 0 Å². The second-order valence-corrected chi connectivity index (χ2v) is 7.06. The minimum atomic E-state index is -0.229. The lowest BCUT2D eigenvalue weighted by molar-refractivity contribution is 0.0954. The molecule has 2 N–H and O–H groups in total. The number of pyridine rings is 1. The summed E-state index contributed by atoms with van der Waals surface area (Å²) in [5.41, 5.74) is 5.50. The van der Waals surface area contributed by atoms with Crippen LogP contribution in [0.25, 0.3) is 11.1 Å². The standard InChI is InChI=1S/C21H22N4O3/c1-4-22-19(26)13-9-8-11(2)16(10-13)23-20(27)18-14-6-5-7-15(14)24-21-17(18)12(3)25-28-21/h8-10H,4-7H2,1-3H3,(H,22,26)(H,23,27). The van der Waals surface area contributed by atoms with Crippen molar-refractivity contribution < 1.29 is 14.1 Å². The van der Waals surface area contributed by atoms with Crippen molar-refractivity contribution in [3.8, 4) is 0 Å². The Morgan fingerprint density at radius 3 is 2.79 bits per heavy atom. The van der Waals surface area contributed by atoms with Gasteiger partial charge >= 0.3 is 0 Å². The molecule has 0 radical (unpaired) electrons. The van der Waals surface area contributed by atoms with Crippen LogP contribution in [0, 0.1) is 13.8 Å². The van der Waals surface area contributed by atoms with Crippen LogP contribution >= 0.6 is 0 Å². The Hall–Kier alpha value is -3.22. The van der Waals surface area contributed by atoms with Gasteiger partial charge in [-0.15, -0.1) is 0 Å². The van der Waals surface area contributed by atoms with Crippen molar-refractivity contribution in [2.45, 2.75) is 40.0 Å². The molecule has 4 rings (SSSR count). The maximum absolute atomic E-state index is 13.3. The Kier molecular flexibility index (Phi) is 4.58. The molecule has 1 aliphatic carbocycles. The van der Waals surface area contributed by atoms with Crippen LogP contribution in [-0.4, -0.2) is 28.5 Å². The molecule has 7 heteroatoms. The first-order valence-corrected chi connectivity index (χ1v) is 9.47. The number of nitrogens with zero attached hydrogens (tertiary/aromatic N) is 2. The number of rotatable bonds is 4. The molecule has 0 unspecified atom stereocenters. The number of amides is 2. The topological polar surface area (TPSA) is 97.1 Å². The number of hydrogen-bond donors (Lipinski definition) is 2. The zero-order valence-electron chi connectivity index (χ0n) is 16.2. The zero-order chi connectivity index (χ0) is 19.8. The molecule has 0 fully saturated rings. The van der Waals surface area contributed by atoms with Gasteiger partial charge in [0.15, 0.2) is 0 Å². The van der Waals surface area contributed by atoms with Crippen LogP contribution in [0.2, 0.25) is 0 Å². The highest BCUT2D eigenvalue weighted by Gasteiger charge is 2.27. The fourth-order valence-electron chi connectivity index (χ4n) is 3.71. The third-order valence-electron chi connectivity index (χ3n) is 5.13. The van der Waals surface area contributed by atoms with Crippen LogP contribution in [0.5, 0.6) is 0 Å². The van der Waals surface area contributed by atoms with E-state index in [0.29, 0.717) is 40.2 Å². The van der Waals surface area contributed by atoms with Gasteiger partial charge in [0, 0.05) is 23.5 Å². The van der Waals surface area contributed by atoms with E-state index in [-0.39, 0.29) is 11.8 Å². The summed E-state index contributed by atoms with van der Waals surface area (Å²) in [6.45, 7) is 6.12. The lowest BCUT2D eigenvalue weighted by atomic mass is 10.0. The van der Waals surface area contributed by atoms with Crippen LogP contribution in [0.3, 0.4) is 0 Å². The molecule has 0 spiro atoms. The Morgan fingerprint density at radius 2 is 2.00 bits per heavy atom. The first-order chi connectivity index (χ1) is 13.5. The first-order valence-electron chi connectivity index (χ1n) is 9.47. The highest BCUT2D eigenvalue weighted by Crippen LogP contribution is 2.32. The number of fused-ring (bicyclic) bond motifs is 2. The molecule has 2 amide bonds. The van der Waals surface area contributed by atoms with E-state index in [4.69, 9.17) is 4.52 Å². The molecule has 0 aliphatic heterocycles. The molecule has 7 nitrogen and oxygen atoms in total. The van der Waals surface area contributed by atoms with E-state index in [0.717, 1.165) is 36.1 Å². The van der Waals surface area contributed by atoms with E-state index in [1.807, 2.05) is 26.8 Å². The second kappa shape index (κ2) is 7.07. The van der Waals surface area contributed by atoms with Crippen LogP contribution in [-0.2, 0) is 12.8 Å². The number of anilines is 1. The van der Waals surface area contributed by atoms with Gasteiger partial charge < -0.3 is 15.2 Å². The van der Waals surface area contributed by atoms with Gasteiger partial charge in [-0.1, -0.05) is 11.2 Å². The molecule has 28 heavy (non-hydrogen) atoms. The Labute approximate surface area is 162 Å². The fourth-order valence-corrected chi connectivity index (χ4v) is 3.71. The van der Waals surface area contributed by atoms with E-state index >= 15 is 0 Å². The van der Waals surface area contributed by atoms with Crippen LogP contribution in [0.4, 0.5) is 5.69 Å². The van der Waals surface area contributed by atoms with Crippen molar-refractivity contribution in [3.05, 3.63) is 51.8 Å². The van der Waals surface area contributed by atoms with Crippen molar-refractivity contribution in [1.29, 1.82) is 0 Å². The summed E-state index contributed by atoms with van der Waals surface area (Å²) in [6, 6.07) is 5.29. The van der Waals surface area contributed by atoms with Crippen LogP contribution in [0.1, 0.15) is 56.6 Å². The van der Waals surface area contributed by atoms with Gasteiger partial charge in [-0.3, -0.25) is 9.59 Å². The summed E-state index contributed by atoms with van der Waals surface area (Å²) in [7, 11) is 0. The summed E-state index contributed by atoms with van der Waals surface area (Å²) in [4.78, 5) is 30.0. The van der Waals surface area contributed by atoms with Crippen LogP contribution in [0.15, 0.2) is 22.7 Å². The summed E-state index contributed by atoms with van der Waals surface area (Å²) in [5, 5.41) is 10.4. The smallest absolute Gasteiger partial charge is 0.259 e. The summed E-state index contributed by atoms with van der Waals surface area (Å²) >= 11 is 0. The SMILES string of the molecule is CCNC(=O)c1ccc(C)c(NC(=O)c2c3c(nc4onc(C)c24)CCC3)c1. The van der Waals surface area contributed by atoms with E-state index in [1.54, 1.807) is 12.1 Å².